The molecule has 2 rings (SSSR count). The van der Waals surface area contributed by atoms with Crippen LogP contribution in [0.5, 0.6) is 23.0 Å². The van der Waals surface area contributed by atoms with Crippen molar-refractivity contribution < 1.29 is 51.2 Å². The van der Waals surface area contributed by atoms with E-state index in [1.807, 2.05) is 0 Å². The zero-order valence-corrected chi connectivity index (χ0v) is 16.8. The first-order valence-corrected chi connectivity index (χ1v) is 10.8. The lowest BCUT2D eigenvalue weighted by Crippen LogP contribution is -2.28. The zero-order valence-electron chi connectivity index (χ0n) is 15.2. The summed E-state index contributed by atoms with van der Waals surface area (Å²) in [6.07, 6.45) is 0. The van der Waals surface area contributed by atoms with Gasteiger partial charge >= 0.3 is 0 Å². The van der Waals surface area contributed by atoms with E-state index in [1.54, 1.807) is 0 Å². The SMILES string of the molecule is CC(=O)N(Cc1cc(O)cc(S(=O)(=O)O)c1O)Cc1cc(O)cc(S(=O)(=O)O)c1O. The molecule has 0 bridgehead atoms. The number of phenolic OH excluding ortho intramolecular Hbond substituents is 4. The number of rotatable bonds is 6. The predicted octanol–water partition coefficient (Wildman–Crippen LogP) is 0.551. The van der Waals surface area contributed by atoms with Crippen molar-refractivity contribution in [1.29, 1.82) is 0 Å². The van der Waals surface area contributed by atoms with Gasteiger partial charge in [-0.3, -0.25) is 13.9 Å². The van der Waals surface area contributed by atoms with E-state index in [2.05, 4.69) is 0 Å². The molecule has 0 aliphatic carbocycles. The van der Waals surface area contributed by atoms with Gasteiger partial charge in [0.05, 0.1) is 0 Å². The topological polar surface area (TPSA) is 210 Å². The molecule has 0 saturated carbocycles. The monoisotopic (exact) mass is 463 g/mol. The van der Waals surface area contributed by atoms with Gasteiger partial charge in [-0.1, -0.05) is 0 Å². The van der Waals surface area contributed by atoms with Crippen molar-refractivity contribution >= 4 is 26.1 Å². The van der Waals surface area contributed by atoms with Gasteiger partial charge in [0.2, 0.25) is 5.91 Å². The second kappa shape index (κ2) is 7.98. The van der Waals surface area contributed by atoms with Gasteiger partial charge in [-0.05, 0) is 12.1 Å². The fourth-order valence-corrected chi connectivity index (χ4v) is 3.91. The Labute approximate surface area is 170 Å². The molecule has 6 N–H and O–H groups in total. The standard InChI is InChI=1S/C16H17NO11S2/c1-8(18)17(6-9-2-11(19)4-13(15(9)21)29(23,24)25)7-10-3-12(20)5-14(16(10)22)30(26,27)28/h2-5,19-22H,6-7H2,1H3,(H,23,24,25)(H,26,27,28). The summed E-state index contributed by atoms with van der Waals surface area (Å²) in [5.74, 6) is -3.87. The van der Waals surface area contributed by atoms with Crippen molar-refractivity contribution in [1.82, 2.24) is 4.90 Å². The Morgan fingerprint density at radius 1 is 0.767 bits per heavy atom. The van der Waals surface area contributed by atoms with Crippen LogP contribution in [0.15, 0.2) is 34.1 Å². The number of hydrogen-bond acceptors (Lipinski definition) is 9. The summed E-state index contributed by atoms with van der Waals surface area (Å²) in [6, 6.07) is 3.02. The highest BCUT2D eigenvalue weighted by Crippen LogP contribution is 2.35. The quantitative estimate of drug-likeness (QED) is 0.257. The van der Waals surface area contributed by atoms with Crippen LogP contribution in [-0.2, 0) is 38.1 Å². The molecule has 0 radical (unpaired) electrons. The molecule has 14 heteroatoms. The van der Waals surface area contributed by atoms with Gasteiger partial charge in [0.15, 0.2) is 0 Å². The van der Waals surface area contributed by atoms with Crippen molar-refractivity contribution in [2.24, 2.45) is 0 Å². The third-order valence-corrected chi connectivity index (χ3v) is 5.73. The van der Waals surface area contributed by atoms with Gasteiger partial charge in [0.1, 0.15) is 32.8 Å². The maximum Gasteiger partial charge on any atom is 0.298 e. The van der Waals surface area contributed by atoms with E-state index in [-0.39, 0.29) is 11.1 Å². The van der Waals surface area contributed by atoms with Crippen molar-refractivity contribution in [3.8, 4) is 23.0 Å². The predicted molar refractivity (Wildman–Crippen MR) is 99.1 cm³/mol. The van der Waals surface area contributed by atoms with Crippen LogP contribution >= 0.6 is 0 Å². The molecule has 1 amide bonds. The van der Waals surface area contributed by atoms with Crippen LogP contribution in [0.25, 0.3) is 0 Å². The molecule has 0 aliphatic rings. The molecule has 0 spiro atoms. The second-order valence-electron chi connectivity index (χ2n) is 6.23. The lowest BCUT2D eigenvalue weighted by molar-refractivity contribution is -0.130. The fourth-order valence-electron chi connectivity index (χ4n) is 2.62. The van der Waals surface area contributed by atoms with Gasteiger partial charge in [0.25, 0.3) is 20.2 Å². The molecule has 0 aromatic heterocycles. The van der Waals surface area contributed by atoms with Crippen LogP contribution in [0.2, 0.25) is 0 Å². The minimum Gasteiger partial charge on any atom is -0.508 e. The third-order valence-electron chi connectivity index (χ3n) is 4.00. The van der Waals surface area contributed by atoms with Crippen molar-refractivity contribution in [3.05, 3.63) is 35.4 Å². The molecular weight excluding hydrogens is 446 g/mol. The molecule has 164 valence electrons. The summed E-state index contributed by atoms with van der Waals surface area (Å²) in [6.45, 7) is -0.0319. The van der Waals surface area contributed by atoms with Gasteiger partial charge in [-0.25, -0.2) is 0 Å². The van der Waals surface area contributed by atoms with Gasteiger partial charge in [-0.2, -0.15) is 16.8 Å². The Hall–Kier alpha value is -3.07. The molecule has 0 heterocycles. The Morgan fingerprint density at radius 2 is 1.10 bits per heavy atom. The number of benzene rings is 2. The molecule has 2 aromatic carbocycles. The molecule has 0 fully saturated rings. The largest absolute Gasteiger partial charge is 0.508 e. The summed E-state index contributed by atoms with van der Waals surface area (Å²) >= 11 is 0. The van der Waals surface area contributed by atoms with E-state index >= 15 is 0 Å². The van der Waals surface area contributed by atoms with E-state index in [9.17, 15) is 42.1 Å². The molecule has 0 atom stereocenters. The Kier molecular flexibility index (Phi) is 6.18. The lowest BCUT2D eigenvalue weighted by Gasteiger charge is -2.23. The smallest absolute Gasteiger partial charge is 0.298 e. The average molecular weight is 463 g/mol. The first-order valence-electron chi connectivity index (χ1n) is 7.91. The van der Waals surface area contributed by atoms with Crippen LogP contribution < -0.4 is 0 Å². The van der Waals surface area contributed by atoms with Crippen LogP contribution in [0.4, 0.5) is 0 Å². The van der Waals surface area contributed by atoms with Gasteiger partial charge < -0.3 is 25.3 Å². The Morgan fingerprint density at radius 3 is 1.37 bits per heavy atom. The van der Waals surface area contributed by atoms with Crippen molar-refractivity contribution in [2.45, 2.75) is 29.8 Å². The van der Waals surface area contributed by atoms with E-state index in [1.165, 1.54) is 0 Å². The van der Waals surface area contributed by atoms with Crippen LogP contribution in [-0.4, -0.2) is 57.2 Å². The molecule has 0 saturated heterocycles. The molecule has 0 aliphatic heterocycles. The van der Waals surface area contributed by atoms with E-state index in [0.717, 1.165) is 24.0 Å². The molecule has 12 nitrogen and oxygen atoms in total. The van der Waals surface area contributed by atoms with Crippen molar-refractivity contribution in [2.75, 3.05) is 0 Å². The van der Waals surface area contributed by atoms with Crippen LogP contribution in [0, 0.1) is 0 Å². The minimum atomic E-state index is -4.91. The molecule has 30 heavy (non-hydrogen) atoms. The highest BCUT2D eigenvalue weighted by Gasteiger charge is 2.25. The number of phenols is 4. The summed E-state index contributed by atoms with van der Waals surface area (Å²) in [4.78, 5) is 10.9. The first kappa shape index (κ1) is 23.2. The molecule has 0 unspecified atom stereocenters. The minimum absolute atomic E-state index is 0.299. The zero-order chi connectivity index (χ0) is 23.0. The Bertz CT molecular complexity index is 1130. The van der Waals surface area contributed by atoms with E-state index < -0.39 is 72.0 Å². The van der Waals surface area contributed by atoms with E-state index in [4.69, 9.17) is 9.11 Å². The molecule has 2 aromatic rings. The summed E-state index contributed by atoms with van der Waals surface area (Å²) in [5, 5.41) is 39.6. The maximum atomic E-state index is 12.0. The number of carbonyl (C=O) groups is 1. The first-order chi connectivity index (χ1) is 13.6. The summed E-state index contributed by atoms with van der Waals surface area (Å²) < 4.78 is 63.7. The number of hydrogen-bond donors (Lipinski definition) is 6. The number of nitrogens with zero attached hydrogens (tertiary/aromatic N) is 1. The fraction of sp³-hybridized carbons (Fsp3) is 0.188. The number of aromatic hydroxyl groups is 4. The number of carbonyl (C=O) groups excluding carboxylic acids is 1. The summed E-state index contributed by atoms with van der Waals surface area (Å²) in [5.41, 5.74) is -0.597. The van der Waals surface area contributed by atoms with Crippen LogP contribution in [0.3, 0.4) is 0 Å². The normalized spacial score (nSPS) is 12.0. The van der Waals surface area contributed by atoms with Gasteiger partial charge in [0, 0.05) is 43.3 Å². The number of amides is 1. The third kappa shape index (κ3) is 5.10. The Balaban J connectivity index is 2.52. The summed E-state index contributed by atoms with van der Waals surface area (Å²) in [7, 11) is -9.82. The lowest BCUT2D eigenvalue weighted by atomic mass is 10.1. The molecular formula is C16H17NO11S2. The average Bonchev–Trinajstić information content (AvgIpc) is 2.57. The van der Waals surface area contributed by atoms with E-state index in [0.29, 0.717) is 12.1 Å². The highest BCUT2D eigenvalue weighted by molar-refractivity contribution is 7.86. The van der Waals surface area contributed by atoms with Crippen LogP contribution in [0.1, 0.15) is 18.1 Å². The van der Waals surface area contributed by atoms with Crippen molar-refractivity contribution in [3.63, 3.8) is 0 Å². The second-order valence-corrected chi connectivity index (χ2v) is 9.01. The highest BCUT2D eigenvalue weighted by atomic mass is 32.2. The van der Waals surface area contributed by atoms with Gasteiger partial charge in [-0.15, -0.1) is 0 Å². The maximum absolute atomic E-state index is 12.0.